The van der Waals surface area contributed by atoms with E-state index in [0.717, 1.165) is 12.1 Å². The van der Waals surface area contributed by atoms with Gasteiger partial charge in [0.1, 0.15) is 0 Å². The van der Waals surface area contributed by atoms with E-state index in [1.54, 1.807) is 0 Å². The molecule has 3 nitrogen and oxygen atoms in total. The zero-order chi connectivity index (χ0) is 13.0. The highest BCUT2D eigenvalue weighted by Crippen LogP contribution is 2.18. The van der Waals surface area contributed by atoms with Crippen LogP contribution in [0.15, 0.2) is 24.3 Å². The van der Waals surface area contributed by atoms with Crippen molar-refractivity contribution in [1.29, 1.82) is 0 Å². The van der Waals surface area contributed by atoms with E-state index in [9.17, 15) is 4.79 Å². The summed E-state index contributed by atoms with van der Waals surface area (Å²) in [5.41, 5.74) is 2.30. The summed E-state index contributed by atoms with van der Waals surface area (Å²) < 4.78 is 0. The smallest absolute Gasteiger partial charge is 0.227 e. The molecule has 0 aliphatic heterocycles. The zero-order valence-corrected chi connectivity index (χ0v) is 12.4. The van der Waals surface area contributed by atoms with E-state index in [4.69, 9.17) is 0 Å². The quantitative estimate of drug-likeness (QED) is 0.787. The second kappa shape index (κ2) is 7.51. The van der Waals surface area contributed by atoms with Gasteiger partial charge in [0.05, 0.1) is 5.92 Å². The van der Waals surface area contributed by atoms with E-state index in [1.165, 1.54) is 18.4 Å². The number of rotatable bonds is 6. The van der Waals surface area contributed by atoms with Crippen LogP contribution in [0.4, 0.5) is 0 Å². The molecule has 1 fully saturated rings. The molecule has 19 heavy (non-hydrogen) atoms. The van der Waals surface area contributed by atoms with Gasteiger partial charge in [-0.05, 0) is 32.3 Å². The minimum Gasteiger partial charge on any atom is -0.354 e. The lowest BCUT2D eigenvalue weighted by Gasteiger charge is -2.13. The highest BCUT2D eigenvalue weighted by atomic mass is 35.5. The van der Waals surface area contributed by atoms with Crippen LogP contribution in [0.5, 0.6) is 0 Å². The minimum absolute atomic E-state index is 0. The Bertz CT molecular complexity index is 401. The molecule has 1 aromatic carbocycles. The number of carbonyl (C=O) groups is 1. The summed E-state index contributed by atoms with van der Waals surface area (Å²) in [5.74, 6) is 0.0305. The van der Waals surface area contributed by atoms with Gasteiger partial charge in [0.25, 0.3) is 0 Å². The van der Waals surface area contributed by atoms with Crippen LogP contribution in [0.25, 0.3) is 0 Å². The second-order valence-electron chi connectivity index (χ2n) is 5.15. The lowest BCUT2D eigenvalue weighted by atomic mass is 9.99. The van der Waals surface area contributed by atoms with Crippen LogP contribution < -0.4 is 10.6 Å². The van der Waals surface area contributed by atoms with Crippen LogP contribution in [-0.4, -0.2) is 25.0 Å². The Morgan fingerprint density at radius 1 is 1.26 bits per heavy atom. The maximum atomic E-state index is 11.9. The van der Waals surface area contributed by atoms with Crippen molar-refractivity contribution in [3.8, 4) is 0 Å². The largest absolute Gasteiger partial charge is 0.354 e. The number of aryl methyl sites for hydroxylation is 1. The van der Waals surface area contributed by atoms with Crippen LogP contribution in [0, 0.1) is 6.92 Å². The molecule has 1 aliphatic rings. The van der Waals surface area contributed by atoms with E-state index in [0.29, 0.717) is 12.6 Å². The number of nitrogens with one attached hydrogen (secondary N) is 2. The molecule has 2 rings (SSSR count). The highest BCUT2D eigenvalue weighted by Gasteiger charge is 2.20. The average Bonchev–Trinajstić information content (AvgIpc) is 3.18. The summed E-state index contributed by atoms with van der Waals surface area (Å²) in [6, 6.07) is 8.86. The number of benzene rings is 1. The third kappa shape index (κ3) is 5.21. The molecule has 0 radical (unpaired) electrons. The lowest BCUT2D eigenvalue weighted by molar-refractivity contribution is -0.122. The first-order chi connectivity index (χ1) is 8.66. The van der Waals surface area contributed by atoms with Gasteiger partial charge < -0.3 is 10.6 Å². The Morgan fingerprint density at radius 3 is 2.47 bits per heavy atom. The molecule has 1 atom stereocenters. The fourth-order valence-electron chi connectivity index (χ4n) is 1.91. The van der Waals surface area contributed by atoms with Crippen molar-refractivity contribution in [3.05, 3.63) is 35.4 Å². The van der Waals surface area contributed by atoms with Gasteiger partial charge in [-0.25, -0.2) is 0 Å². The van der Waals surface area contributed by atoms with Crippen molar-refractivity contribution in [1.82, 2.24) is 10.6 Å². The molecule has 1 amide bonds. The van der Waals surface area contributed by atoms with Gasteiger partial charge in [0, 0.05) is 19.1 Å². The molecule has 1 aliphatic carbocycles. The predicted octanol–water partition coefficient (Wildman–Crippen LogP) is 2.39. The lowest BCUT2D eigenvalue weighted by Crippen LogP contribution is -2.34. The highest BCUT2D eigenvalue weighted by molar-refractivity contribution is 5.85. The van der Waals surface area contributed by atoms with Crippen molar-refractivity contribution < 1.29 is 4.79 Å². The summed E-state index contributed by atoms with van der Waals surface area (Å²) in [5, 5.41) is 6.36. The Hall–Kier alpha value is -1.06. The van der Waals surface area contributed by atoms with Crippen LogP contribution in [0.3, 0.4) is 0 Å². The third-order valence-corrected chi connectivity index (χ3v) is 3.41. The Balaban J connectivity index is 0.00000180. The fraction of sp³-hybridized carbons (Fsp3) is 0.533. The van der Waals surface area contributed by atoms with Gasteiger partial charge in [-0.2, -0.15) is 0 Å². The van der Waals surface area contributed by atoms with Gasteiger partial charge in [0.2, 0.25) is 5.91 Å². The number of hydrogen-bond donors (Lipinski definition) is 2. The molecule has 106 valence electrons. The third-order valence-electron chi connectivity index (χ3n) is 3.41. The molecule has 0 saturated heterocycles. The first kappa shape index (κ1) is 16.0. The molecule has 0 aromatic heterocycles. The van der Waals surface area contributed by atoms with Gasteiger partial charge in [-0.15, -0.1) is 12.4 Å². The normalized spacial score (nSPS) is 15.5. The minimum atomic E-state index is -0.0773. The molecular weight excluding hydrogens is 260 g/mol. The monoisotopic (exact) mass is 282 g/mol. The van der Waals surface area contributed by atoms with Crippen molar-refractivity contribution in [2.75, 3.05) is 13.1 Å². The fourth-order valence-corrected chi connectivity index (χ4v) is 1.91. The SMILES string of the molecule is Cc1ccc(C(C)C(=O)NCCNC2CC2)cc1.Cl. The van der Waals surface area contributed by atoms with E-state index in [1.807, 2.05) is 31.2 Å². The van der Waals surface area contributed by atoms with Crippen LogP contribution in [-0.2, 0) is 4.79 Å². The maximum absolute atomic E-state index is 11.9. The molecule has 4 heteroatoms. The van der Waals surface area contributed by atoms with Crippen LogP contribution in [0.1, 0.15) is 36.8 Å². The predicted molar refractivity (Wildman–Crippen MR) is 80.9 cm³/mol. The van der Waals surface area contributed by atoms with Gasteiger partial charge in [0.15, 0.2) is 0 Å². The van der Waals surface area contributed by atoms with Crippen LogP contribution >= 0.6 is 12.4 Å². The van der Waals surface area contributed by atoms with Crippen LogP contribution in [0.2, 0.25) is 0 Å². The summed E-state index contributed by atoms with van der Waals surface area (Å²) >= 11 is 0. The molecule has 0 bridgehead atoms. The first-order valence-electron chi connectivity index (χ1n) is 6.74. The van der Waals surface area contributed by atoms with E-state index < -0.39 is 0 Å². The van der Waals surface area contributed by atoms with Crippen molar-refractivity contribution in [2.24, 2.45) is 0 Å². The molecule has 1 unspecified atom stereocenters. The standard InChI is InChI=1S/C15H22N2O.ClH/c1-11-3-5-13(6-4-11)12(2)15(18)17-10-9-16-14-7-8-14;/h3-6,12,14,16H,7-10H2,1-2H3,(H,17,18);1H. The van der Waals surface area contributed by atoms with Gasteiger partial charge in [-0.3, -0.25) is 4.79 Å². The number of amides is 1. The van der Waals surface area contributed by atoms with E-state index >= 15 is 0 Å². The van der Waals surface area contributed by atoms with Gasteiger partial charge >= 0.3 is 0 Å². The summed E-state index contributed by atoms with van der Waals surface area (Å²) in [6.07, 6.45) is 2.57. The van der Waals surface area contributed by atoms with Crippen molar-refractivity contribution >= 4 is 18.3 Å². The zero-order valence-electron chi connectivity index (χ0n) is 11.6. The van der Waals surface area contributed by atoms with Gasteiger partial charge in [-0.1, -0.05) is 29.8 Å². The van der Waals surface area contributed by atoms with Crippen molar-refractivity contribution in [3.63, 3.8) is 0 Å². The summed E-state index contributed by atoms with van der Waals surface area (Å²) in [7, 11) is 0. The molecule has 0 heterocycles. The Labute approximate surface area is 121 Å². The van der Waals surface area contributed by atoms with Crippen molar-refractivity contribution in [2.45, 2.75) is 38.6 Å². The van der Waals surface area contributed by atoms with E-state index in [2.05, 4.69) is 17.6 Å². The summed E-state index contributed by atoms with van der Waals surface area (Å²) in [4.78, 5) is 11.9. The second-order valence-corrected chi connectivity index (χ2v) is 5.15. The topological polar surface area (TPSA) is 41.1 Å². The maximum Gasteiger partial charge on any atom is 0.227 e. The molecule has 0 spiro atoms. The number of halogens is 1. The molecular formula is C15H23ClN2O. The molecule has 1 aromatic rings. The molecule has 1 saturated carbocycles. The Morgan fingerprint density at radius 2 is 1.89 bits per heavy atom. The van der Waals surface area contributed by atoms with E-state index in [-0.39, 0.29) is 24.2 Å². The molecule has 2 N–H and O–H groups in total. The summed E-state index contributed by atoms with van der Waals surface area (Å²) in [6.45, 7) is 5.59. The average molecular weight is 283 g/mol. The number of carbonyl (C=O) groups excluding carboxylic acids is 1. The first-order valence-corrected chi connectivity index (χ1v) is 6.74. The Kier molecular flexibility index (Phi) is 6.32. The number of hydrogen-bond acceptors (Lipinski definition) is 2.